The van der Waals surface area contributed by atoms with Crippen LogP contribution in [0.15, 0.2) is 53.5 Å². The number of pyridine rings is 1. The van der Waals surface area contributed by atoms with Gasteiger partial charge in [-0.05, 0) is 43.2 Å². The molecule has 2 heterocycles. The highest BCUT2D eigenvalue weighted by molar-refractivity contribution is 5.83. The van der Waals surface area contributed by atoms with Crippen molar-refractivity contribution in [2.24, 2.45) is 0 Å². The van der Waals surface area contributed by atoms with Crippen LogP contribution in [0.2, 0.25) is 0 Å². The number of aromatic nitrogens is 1. The number of nitrogens with zero attached hydrogens (tertiary/aromatic N) is 3. The summed E-state index contributed by atoms with van der Waals surface area (Å²) in [5, 5.41) is 9.79. The van der Waals surface area contributed by atoms with Gasteiger partial charge >= 0.3 is 0 Å². The Morgan fingerprint density at radius 2 is 2.00 bits per heavy atom. The summed E-state index contributed by atoms with van der Waals surface area (Å²) in [6.45, 7) is 0.672. The molecule has 158 valence electrons. The van der Waals surface area contributed by atoms with E-state index in [1.54, 1.807) is 37.0 Å². The quantitative estimate of drug-likeness (QED) is 0.636. The number of carbonyl (C=O) groups excluding carboxylic acids is 1. The number of rotatable bonds is 5. The average molecular weight is 417 g/mol. The van der Waals surface area contributed by atoms with Crippen molar-refractivity contribution < 1.29 is 14.3 Å². The van der Waals surface area contributed by atoms with Gasteiger partial charge in [-0.3, -0.25) is 9.59 Å². The van der Waals surface area contributed by atoms with Crippen LogP contribution in [0, 0.1) is 11.3 Å². The van der Waals surface area contributed by atoms with Crippen LogP contribution in [0.4, 0.5) is 0 Å². The maximum Gasteiger partial charge on any atom is 0.243 e. The number of carbonyl (C=O) groups is 1. The fourth-order valence-corrected chi connectivity index (χ4v) is 4.28. The summed E-state index contributed by atoms with van der Waals surface area (Å²) in [5.74, 6) is 1.34. The van der Waals surface area contributed by atoms with Crippen LogP contribution in [0.25, 0.3) is 10.9 Å². The van der Waals surface area contributed by atoms with E-state index in [2.05, 4.69) is 0 Å². The van der Waals surface area contributed by atoms with Crippen molar-refractivity contribution in [3.8, 4) is 17.6 Å². The molecule has 0 spiro atoms. The smallest absolute Gasteiger partial charge is 0.243 e. The number of methoxy groups -OCH3 is 2. The Hall–Kier alpha value is -3.79. The Kier molecular flexibility index (Phi) is 5.63. The number of nitriles is 1. The molecule has 2 aromatic carbocycles. The predicted molar refractivity (Wildman–Crippen MR) is 116 cm³/mol. The number of amides is 1. The second kappa shape index (κ2) is 8.52. The Bertz CT molecular complexity index is 1240. The van der Waals surface area contributed by atoms with Crippen molar-refractivity contribution in [2.75, 3.05) is 20.8 Å². The number of para-hydroxylation sites is 1. The van der Waals surface area contributed by atoms with Gasteiger partial charge in [0.2, 0.25) is 11.3 Å². The van der Waals surface area contributed by atoms with E-state index in [1.807, 2.05) is 35.2 Å². The molecule has 0 saturated carbocycles. The summed E-state index contributed by atoms with van der Waals surface area (Å²) in [7, 11) is 3.22. The maximum atomic E-state index is 13.4. The van der Waals surface area contributed by atoms with Gasteiger partial charge in [-0.25, -0.2) is 0 Å². The summed E-state index contributed by atoms with van der Waals surface area (Å²) >= 11 is 0. The lowest BCUT2D eigenvalue weighted by atomic mass is 10.0. The highest BCUT2D eigenvalue weighted by Gasteiger charge is 2.32. The minimum atomic E-state index is -0.318. The molecule has 1 fully saturated rings. The number of hydrogen-bond donors (Lipinski definition) is 0. The summed E-state index contributed by atoms with van der Waals surface area (Å²) in [6.07, 6.45) is 3.18. The lowest BCUT2D eigenvalue weighted by molar-refractivity contribution is -0.132. The highest BCUT2D eigenvalue weighted by atomic mass is 16.5. The first-order valence-electron chi connectivity index (χ1n) is 10.1. The second-order valence-electron chi connectivity index (χ2n) is 7.48. The predicted octanol–water partition coefficient (Wildman–Crippen LogP) is 3.25. The van der Waals surface area contributed by atoms with Crippen molar-refractivity contribution in [2.45, 2.75) is 25.4 Å². The van der Waals surface area contributed by atoms with Crippen LogP contribution in [0.5, 0.6) is 11.5 Å². The van der Waals surface area contributed by atoms with Crippen molar-refractivity contribution in [1.29, 1.82) is 5.26 Å². The van der Waals surface area contributed by atoms with Crippen LogP contribution in [0.1, 0.15) is 30.0 Å². The zero-order valence-corrected chi connectivity index (χ0v) is 17.5. The maximum absolute atomic E-state index is 13.4. The Morgan fingerprint density at radius 3 is 2.74 bits per heavy atom. The van der Waals surface area contributed by atoms with Gasteiger partial charge in [0.05, 0.1) is 25.8 Å². The van der Waals surface area contributed by atoms with Gasteiger partial charge in [0.1, 0.15) is 29.7 Å². The molecule has 4 rings (SSSR count). The molecule has 7 heteroatoms. The van der Waals surface area contributed by atoms with E-state index in [-0.39, 0.29) is 29.5 Å². The van der Waals surface area contributed by atoms with Gasteiger partial charge in [-0.2, -0.15) is 5.26 Å². The van der Waals surface area contributed by atoms with E-state index in [1.165, 1.54) is 6.20 Å². The van der Waals surface area contributed by atoms with Gasteiger partial charge in [0, 0.05) is 23.7 Å². The second-order valence-corrected chi connectivity index (χ2v) is 7.48. The van der Waals surface area contributed by atoms with Crippen molar-refractivity contribution >= 4 is 16.8 Å². The van der Waals surface area contributed by atoms with Crippen LogP contribution >= 0.6 is 0 Å². The van der Waals surface area contributed by atoms with Crippen LogP contribution in [-0.4, -0.2) is 36.1 Å². The summed E-state index contributed by atoms with van der Waals surface area (Å²) in [4.78, 5) is 27.7. The zero-order chi connectivity index (χ0) is 22.0. The van der Waals surface area contributed by atoms with E-state index in [9.17, 15) is 14.9 Å². The molecule has 0 aliphatic carbocycles. The molecule has 1 unspecified atom stereocenters. The molecule has 1 aliphatic rings. The third-order valence-corrected chi connectivity index (χ3v) is 5.78. The van der Waals surface area contributed by atoms with Crippen molar-refractivity contribution in [3.63, 3.8) is 0 Å². The standard InChI is InChI=1S/C24H23N3O4/c1-30-17-9-10-22(31-2)19(12-17)21-8-5-11-27(21)23(28)15-26-14-16(13-25)24(29)18-6-3-4-7-20(18)26/h3-4,6-7,9-10,12,14,21H,5,8,11,15H2,1-2H3. The third kappa shape index (κ3) is 3.73. The van der Waals surface area contributed by atoms with E-state index in [0.717, 1.165) is 18.4 Å². The fraction of sp³-hybridized carbons (Fsp3) is 0.292. The minimum Gasteiger partial charge on any atom is -0.497 e. The SMILES string of the molecule is COc1ccc(OC)c(C2CCCN2C(=O)Cn2cc(C#N)c(=O)c3ccccc32)c1. The average Bonchev–Trinajstić information content (AvgIpc) is 3.30. The molecule has 1 atom stereocenters. The largest absolute Gasteiger partial charge is 0.497 e. The Balaban J connectivity index is 1.69. The summed E-state index contributed by atoms with van der Waals surface area (Å²) in [5.41, 5.74) is 1.26. The lowest BCUT2D eigenvalue weighted by Gasteiger charge is -2.27. The van der Waals surface area contributed by atoms with Gasteiger partial charge in [0.15, 0.2) is 0 Å². The first-order valence-corrected chi connectivity index (χ1v) is 10.1. The number of ether oxygens (including phenoxy) is 2. The zero-order valence-electron chi connectivity index (χ0n) is 17.5. The molecule has 1 aliphatic heterocycles. The monoisotopic (exact) mass is 417 g/mol. The van der Waals surface area contributed by atoms with Gasteiger partial charge in [-0.1, -0.05) is 12.1 Å². The molecule has 31 heavy (non-hydrogen) atoms. The molecule has 1 saturated heterocycles. The van der Waals surface area contributed by atoms with Crippen molar-refractivity contribution in [1.82, 2.24) is 9.47 Å². The van der Waals surface area contributed by atoms with Crippen LogP contribution in [0.3, 0.4) is 0 Å². The number of likely N-dealkylation sites (tertiary alicyclic amines) is 1. The third-order valence-electron chi connectivity index (χ3n) is 5.78. The normalized spacial score (nSPS) is 15.6. The molecule has 0 N–H and O–H groups in total. The molecule has 3 aromatic rings. The topological polar surface area (TPSA) is 84.6 Å². The van der Waals surface area contributed by atoms with Crippen LogP contribution in [-0.2, 0) is 11.3 Å². The Morgan fingerprint density at radius 1 is 1.19 bits per heavy atom. The van der Waals surface area contributed by atoms with E-state index in [0.29, 0.717) is 28.9 Å². The summed E-state index contributed by atoms with van der Waals surface area (Å²) in [6, 6.07) is 14.5. The van der Waals surface area contributed by atoms with Gasteiger partial charge in [-0.15, -0.1) is 0 Å². The van der Waals surface area contributed by atoms with E-state index < -0.39 is 0 Å². The first-order chi connectivity index (χ1) is 15.1. The summed E-state index contributed by atoms with van der Waals surface area (Å²) < 4.78 is 12.6. The fourth-order valence-electron chi connectivity index (χ4n) is 4.28. The molecule has 1 aromatic heterocycles. The molecular formula is C24H23N3O4. The number of benzene rings is 2. The van der Waals surface area contributed by atoms with Gasteiger partial charge < -0.3 is 18.9 Å². The first kappa shape index (κ1) is 20.5. The lowest BCUT2D eigenvalue weighted by Crippen LogP contribution is -2.34. The molecule has 0 radical (unpaired) electrons. The number of fused-ring (bicyclic) bond motifs is 1. The van der Waals surface area contributed by atoms with Crippen LogP contribution < -0.4 is 14.9 Å². The minimum absolute atomic E-state index is 0.0268. The highest BCUT2D eigenvalue weighted by Crippen LogP contribution is 2.39. The Labute approximate surface area is 180 Å². The number of hydrogen-bond acceptors (Lipinski definition) is 5. The van der Waals surface area contributed by atoms with E-state index in [4.69, 9.17) is 9.47 Å². The van der Waals surface area contributed by atoms with Crippen molar-refractivity contribution in [3.05, 3.63) is 70.0 Å². The van der Waals surface area contributed by atoms with Gasteiger partial charge in [0.25, 0.3) is 0 Å². The molecule has 0 bridgehead atoms. The molecule has 1 amide bonds. The van der Waals surface area contributed by atoms with E-state index >= 15 is 0 Å². The molecule has 7 nitrogen and oxygen atoms in total. The molecular weight excluding hydrogens is 394 g/mol.